The first kappa shape index (κ1) is 13.4. The lowest BCUT2D eigenvalue weighted by atomic mass is 9.97. The summed E-state index contributed by atoms with van der Waals surface area (Å²) in [4.78, 5) is 0. The fourth-order valence-corrected chi connectivity index (χ4v) is 2.65. The van der Waals surface area contributed by atoms with Crippen LogP contribution in [0, 0.1) is 0 Å². The number of fused-ring (bicyclic) bond motifs is 1. The summed E-state index contributed by atoms with van der Waals surface area (Å²) in [5.74, 6) is 0.688. The van der Waals surface area contributed by atoms with E-state index in [1.165, 1.54) is 0 Å². The quantitative estimate of drug-likeness (QED) is 0.847. The second-order valence-electron chi connectivity index (χ2n) is 5.04. The monoisotopic (exact) mass is 289 g/mol. The molecule has 4 heteroatoms. The van der Waals surface area contributed by atoms with Crippen LogP contribution < -0.4 is 10.5 Å². The molecule has 0 spiro atoms. The van der Waals surface area contributed by atoms with E-state index in [-0.39, 0.29) is 12.1 Å². The predicted molar refractivity (Wildman–Crippen MR) is 78.8 cm³/mol. The molecule has 0 saturated heterocycles. The van der Waals surface area contributed by atoms with E-state index in [1.54, 1.807) is 0 Å². The van der Waals surface area contributed by atoms with Crippen LogP contribution >= 0.6 is 11.6 Å². The molecule has 0 bridgehead atoms. The van der Waals surface area contributed by atoms with Gasteiger partial charge in [0.1, 0.15) is 11.9 Å². The summed E-state index contributed by atoms with van der Waals surface area (Å²) in [7, 11) is 0. The maximum atomic E-state index is 10.3. The zero-order chi connectivity index (χ0) is 14.1. The van der Waals surface area contributed by atoms with Gasteiger partial charge < -0.3 is 15.6 Å². The largest absolute Gasteiger partial charge is 0.485 e. The zero-order valence-electron chi connectivity index (χ0n) is 10.9. The van der Waals surface area contributed by atoms with Crippen molar-refractivity contribution in [2.24, 2.45) is 5.73 Å². The predicted octanol–water partition coefficient (Wildman–Crippen LogP) is 3.22. The van der Waals surface area contributed by atoms with E-state index in [0.29, 0.717) is 17.2 Å². The third-order valence-corrected chi connectivity index (χ3v) is 3.89. The van der Waals surface area contributed by atoms with Crippen molar-refractivity contribution in [1.82, 2.24) is 0 Å². The summed E-state index contributed by atoms with van der Waals surface area (Å²) >= 11 is 5.91. The first-order chi connectivity index (χ1) is 9.65. The molecule has 3 atom stereocenters. The zero-order valence-corrected chi connectivity index (χ0v) is 11.6. The van der Waals surface area contributed by atoms with E-state index in [1.807, 2.05) is 48.5 Å². The molecule has 1 heterocycles. The molecule has 1 aliphatic heterocycles. The number of halogens is 1. The average Bonchev–Trinajstić information content (AvgIpc) is 2.58. The van der Waals surface area contributed by atoms with Crippen molar-refractivity contribution in [2.75, 3.05) is 0 Å². The number of hydrogen-bond donors (Lipinski definition) is 2. The third-order valence-electron chi connectivity index (χ3n) is 3.64. The fourth-order valence-electron chi connectivity index (χ4n) is 2.52. The van der Waals surface area contributed by atoms with Crippen LogP contribution in [-0.4, -0.2) is 11.1 Å². The number of ether oxygens (including phenoxy) is 1. The molecule has 0 radical (unpaired) electrons. The number of para-hydroxylation sites is 1. The second-order valence-corrected chi connectivity index (χ2v) is 5.48. The minimum atomic E-state index is -0.705. The Bertz CT molecular complexity index is 600. The van der Waals surface area contributed by atoms with Crippen molar-refractivity contribution in [3.8, 4) is 5.75 Å². The maximum Gasteiger partial charge on any atom is 0.126 e. The molecule has 0 fully saturated rings. The average molecular weight is 290 g/mol. The Labute approximate surface area is 122 Å². The van der Waals surface area contributed by atoms with Crippen LogP contribution in [0.5, 0.6) is 5.75 Å². The molecule has 2 aromatic carbocycles. The number of benzene rings is 2. The van der Waals surface area contributed by atoms with Gasteiger partial charge in [-0.05, 0) is 23.8 Å². The Morgan fingerprint density at radius 3 is 2.55 bits per heavy atom. The van der Waals surface area contributed by atoms with Gasteiger partial charge in [0.05, 0.1) is 6.10 Å². The van der Waals surface area contributed by atoms with E-state index in [0.717, 1.165) is 11.1 Å². The fraction of sp³-hybridized carbons (Fsp3) is 0.250. The lowest BCUT2D eigenvalue weighted by molar-refractivity contribution is 0.131. The topological polar surface area (TPSA) is 55.5 Å². The summed E-state index contributed by atoms with van der Waals surface area (Å²) in [6, 6.07) is 14.6. The van der Waals surface area contributed by atoms with Crippen molar-refractivity contribution in [3.05, 3.63) is 64.7 Å². The van der Waals surface area contributed by atoms with Crippen molar-refractivity contribution < 1.29 is 9.84 Å². The normalized spacial score (nSPS) is 25.4. The molecule has 3 nitrogen and oxygen atoms in total. The number of hydrogen-bond acceptors (Lipinski definition) is 3. The van der Waals surface area contributed by atoms with Gasteiger partial charge in [0.15, 0.2) is 0 Å². The summed E-state index contributed by atoms with van der Waals surface area (Å²) in [6.45, 7) is 0. The Morgan fingerprint density at radius 2 is 1.80 bits per heavy atom. The van der Waals surface area contributed by atoms with E-state index < -0.39 is 6.10 Å². The maximum absolute atomic E-state index is 10.3. The van der Waals surface area contributed by atoms with Gasteiger partial charge in [0.2, 0.25) is 0 Å². The van der Waals surface area contributed by atoms with E-state index in [2.05, 4.69) is 0 Å². The molecule has 3 unspecified atom stereocenters. The standard InChI is InChI=1S/C16H16ClNO2/c17-11-7-5-10(6-8-11)15-9-13(18)16(19)12-3-1-2-4-14(12)20-15/h1-8,13,15-16,19H,9,18H2. The first-order valence-electron chi connectivity index (χ1n) is 6.60. The van der Waals surface area contributed by atoms with Gasteiger partial charge in [-0.3, -0.25) is 0 Å². The second kappa shape index (κ2) is 5.44. The lowest BCUT2D eigenvalue weighted by Gasteiger charge is -2.19. The first-order valence-corrected chi connectivity index (χ1v) is 6.97. The molecule has 0 aliphatic carbocycles. The van der Waals surface area contributed by atoms with E-state index in [9.17, 15) is 5.11 Å². The molecule has 3 rings (SSSR count). The summed E-state index contributed by atoms with van der Waals surface area (Å²) in [5, 5.41) is 11.0. The van der Waals surface area contributed by atoms with Gasteiger partial charge in [0, 0.05) is 23.0 Å². The van der Waals surface area contributed by atoms with Crippen LogP contribution in [-0.2, 0) is 0 Å². The van der Waals surface area contributed by atoms with E-state index >= 15 is 0 Å². The van der Waals surface area contributed by atoms with Gasteiger partial charge in [0.25, 0.3) is 0 Å². The van der Waals surface area contributed by atoms with Crippen molar-refractivity contribution in [3.63, 3.8) is 0 Å². The van der Waals surface area contributed by atoms with Crippen LogP contribution in [0.15, 0.2) is 48.5 Å². The summed E-state index contributed by atoms with van der Waals surface area (Å²) in [6.07, 6.45) is -0.332. The molecule has 0 amide bonds. The Morgan fingerprint density at radius 1 is 1.10 bits per heavy atom. The highest BCUT2D eigenvalue weighted by molar-refractivity contribution is 6.30. The molecule has 3 N–H and O–H groups in total. The summed E-state index contributed by atoms with van der Waals surface area (Å²) in [5.41, 5.74) is 7.85. The molecule has 104 valence electrons. The SMILES string of the molecule is NC1CC(c2ccc(Cl)cc2)Oc2ccccc2C1O. The molecular formula is C16H16ClNO2. The molecule has 20 heavy (non-hydrogen) atoms. The summed E-state index contributed by atoms with van der Waals surface area (Å²) < 4.78 is 6.04. The molecule has 1 aliphatic rings. The van der Waals surface area contributed by atoms with Gasteiger partial charge in [-0.1, -0.05) is 41.9 Å². The van der Waals surface area contributed by atoms with Crippen molar-refractivity contribution >= 4 is 11.6 Å². The number of aliphatic hydroxyl groups excluding tert-OH is 1. The van der Waals surface area contributed by atoms with Crippen LogP contribution in [0.4, 0.5) is 0 Å². The van der Waals surface area contributed by atoms with Crippen molar-refractivity contribution in [1.29, 1.82) is 0 Å². The van der Waals surface area contributed by atoms with Gasteiger partial charge in [-0.15, -0.1) is 0 Å². The number of aliphatic hydroxyl groups is 1. The minimum absolute atomic E-state index is 0.180. The Balaban J connectivity index is 1.97. The van der Waals surface area contributed by atoms with Crippen LogP contribution in [0.3, 0.4) is 0 Å². The Kier molecular flexibility index (Phi) is 3.66. The van der Waals surface area contributed by atoms with Crippen LogP contribution in [0.25, 0.3) is 0 Å². The highest BCUT2D eigenvalue weighted by atomic mass is 35.5. The molecule has 0 aromatic heterocycles. The minimum Gasteiger partial charge on any atom is -0.485 e. The molecule has 0 saturated carbocycles. The molecular weight excluding hydrogens is 274 g/mol. The Hall–Kier alpha value is -1.55. The van der Waals surface area contributed by atoms with Crippen LogP contribution in [0.1, 0.15) is 29.8 Å². The molecule has 2 aromatic rings. The number of rotatable bonds is 1. The van der Waals surface area contributed by atoms with Crippen molar-refractivity contribution in [2.45, 2.75) is 24.7 Å². The lowest BCUT2D eigenvalue weighted by Crippen LogP contribution is -2.29. The van der Waals surface area contributed by atoms with Gasteiger partial charge in [-0.2, -0.15) is 0 Å². The van der Waals surface area contributed by atoms with Gasteiger partial charge in [-0.25, -0.2) is 0 Å². The highest BCUT2D eigenvalue weighted by Gasteiger charge is 2.30. The number of nitrogens with two attached hydrogens (primary N) is 1. The smallest absolute Gasteiger partial charge is 0.126 e. The van der Waals surface area contributed by atoms with E-state index in [4.69, 9.17) is 22.1 Å². The third kappa shape index (κ3) is 2.52. The van der Waals surface area contributed by atoms with Crippen LogP contribution in [0.2, 0.25) is 5.02 Å². The highest BCUT2D eigenvalue weighted by Crippen LogP contribution is 2.37. The van der Waals surface area contributed by atoms with Gasteiger partial charge >= 0.3 is 0 Å².